The summed E-state index contributed by atoms with van der Waals surface area (Å²) in [6, 6.07) is 0. The molecule has 8 nitrogen and oxygen atoms in total. The smallest absolute Gasteiger partial charge is 0.316 e. The van der Waals surface area contributed by atoms with Crippen LogP contribution in [0.15, 0.2) is 17.4 Å². The summed E-state index contributed by atoms with van der Waals surface area (Å²) >= 11 is 4.92. The average molecular weight is 443 g/mol. The Bertz CT molecular complexity index is 662. The minimum absolute atomic E-state index is 0.581. The summed E-state index contributed by atoms with van der Waals surface area (Å²) in [4.78, 5) is 21.6. The maximum Gasteiger partial charge on any atom is 0.316 e. The monoisotopic (exact) mass is 442 g/mol. The highest BCUT2D eigenvalue weighted by atomic mass is 33.1. The van der Waals surface area contributed by atoms with Crippen LogP contribution in [0, 0.1) is 0 Å². The van der Waals surface area contributed by atoms with E-state index in [1.807, 2.05) is 0 Å². The standard InChI is InChI=1S/C10H10N4O4S6/c1-3(5(15)16)19-7-11-13-9(21-7)23-24-10-14-12-8(22-10)20-4(2)6(17)18/h3-4H,1-2H3,(H,15,16)(H,17,18). The number of carboxylic acid groups (broad SMARTS) is 2. The molecular formula is C10H10N4O4S6. The van der Waals surface area contributed by atoms with Gasteiger partial charge in [-0.1, -0.05) is 46.2 Å². The van der Waals surface area contributed by atoms with Crippen LogP contribution in [0.2, 0.25) is 0 Å². The summed E-state index contributed by atoms with van der Waals surface area (Å²) in [6.45, 7) is 3.18. The molecule has 14 heteroatoms. The van der Waals surface area contributed by atoms with Crippen LogP contribution in [0.3, 0.4) is 0 Å². The zero-order valence-corrected chi connectivity index (χ0v) is 17.0. The zero-order valence-electron chi connectivity index (χ0n) is 12.1. The SMILES string of the molecule is CC(Sc1nnc(SSc2nnc(SC(C)C(=O)O)s2)s1)C(=O)O. The van der Waals surface area contributed by atoms with E-state index in [0.29, 0.717) is 17.4 Å². The Balaban J connectivity index is 1.86. The first-order valence-electron chi connectivity index (χ1n) is 6.15. The molecular weight excluding hydrogens is 433 g/mol. The maximum atomic E-state index is 10.8. The van der Waals surface area contributed by atoms with Gasteiger partial charge in [-0.15, -0.1) is 20.4 Å². The van der Waals surface area contributed by atoms with E-state index in [9.17, 15) is 9.59 Å². The van der Waals surface area contributed by atoms with Gasteiger partial charge in [0, 0.05) is 0 Å². The van der Waals surface area contributed by atoms with E-state index in [0.717, 1.165) is 23.5 Å². The lowest BCUT2D eigenvalue weighted by atomic mass is 10.5. The second-order valence-corrected chi connectivity index (χ2v) is 11.8. The summed E-state index contributed by atoms with van der Waals surface area (Å²) in [7, 11) is 2.70. The lowest BCUT2D eigenvalue weighted by molar-refractivity contribution is -0.137. The third-order valence-electron chi connectivity index (χ3n) is 2.21. The number of nitrogens with zero attached hydrogens (tertiary/aromatic N) is 4. The van der Waals surface area contributed by atoms with Crippen LogP contribution in [0.4, 0.5) is 0 Å². The fourth-order valence-corrected chi connectivity index (χ4v) is 7.57. The lowest BCUT2D eigenvalue weighted by Crippen LogP contribution is -2.10. The van der Waals surface area contributed by atoms with E-state index in [4.69, 9.17) is 10.2 Å². The van der Waals surface area contributed by atoms with Crippen molar-refractivity contribution in [2.24, 2.45) is 0 Å². The van der Waals surface area contributed by atoms with Crippen molar-refractivity contribution in [1.82, 2.24) is 20.4 Å². The van der Waals surface area contributed by atoms with E-state index >= 15 is 0 Å². The highest BCUT2D eigenvalue weighted by Crippen LogP contribution is 2.42. The fraction of sp³-hybridized carbons (Fsp3) is 0.400. The van der Waals surface area contributed by atoms with Gasteiger partial charge in [0.15, 0.2) is 17.4 Å². The van der Waals surface area contributed by atoms with Gasteiger partial charge in [-0.25, -0.2) is 0 Å². The third kappa shape index (κ3) is 6.07. The summed E-state index contributed by atoms with van der Waals surface area (Å²) in [6.07, 6.45) is 0. The van der Waals surface area contributed by atoms with Gasteiger partial charge < -0.3 is 10.2 Å². The van der Waals surface area contributed by atoms with Crippen molar-refractivity contribution >= 4 is 79.7 Å². The van der Waals surface area contributed by atoms with Crippen molar-refractivity contribution in [3.05, 3.63) is 0 Å². The van der Waals surface area contributed by atoms with Gasteiger partial charge in [-0.2, -0.15) is 0 Å². The van der Waals surface area contributed by atoms with Crippen LogP contribution < -0.4 is 0 Å². The predicted molar refractivity (Wildman–Crippen MR) is 97.4 cm³/mol. The third-order valence-corrected chi connectivity index (χ3v) is 9.35. The van der Waals surface area contributed by atoms with Crippen LogP contribution in [0.5, 0.6) is 0 Å². The Labute approximate surface area is 161 Å². The molecule has 24 heavy (non-hydrogen) atoms. The Morgan fingerprint density at radius 3 is 1.46 bits per heavy atom. The van der Waals surface area contributed by atoms with Crippen LogP contribution in [0.25, 0.3) is 0 Å². The summed E-state index contributed by atoms with van der Waals surface area (Å²) < 4.78 is 2.56. The van der Waals surface area contributed by atoms with Crippen molar-refractivity contribution in [3.8, 4) is 0 Å². The van der Waals surface area contributed by atoms with Gasteiger partial charge in [-0.05, 0) is 35.4 Å². The normalized spacial score (nSPS) is 13.6. The number of hydrogen-bond donors (Lipinski definition) is 2. The van der Waals surface area contributed by atoms with Gasteiger partial charge in [0.05, 0.1) is 0 Å². The highest BCUT2D eigenvalue weighted by Gasteiger charge is 2.18. The number of thioether (sulfide) groups is 2. The van der Waals surface area contributed by atoms with Crippen molar-refractivity contribution in [2.75, 3.05) is 0 Å². The number of carbonyl (C=O) groups is 2. The average Bonchev–Trinajstić information content (AvgIpc) is 3.14. The lowest BCUT2D eigenvalue weighted by Gasteiger charge is -2.00. The van der Waals surface area contributed by atoms with E-state index in [1.54, 1.807) is 13.8 Å². The van der Waals surface area contributed by atoms with E-state index in [2.05, 4.69) is 20.4 Å². The molecule has 2 heterocycles. The molecule has 2 rings (SSSR count). The maximum absolute atomic E-state index is 10.8. The molecule has 2 atom stereocenters. The molecule has 0 fully saturated rings. The van der Waals surface area contributed by atoms with Crippen molar-refractivity contribution in [1.29, 1.82) is 0 Å². The predicted octanol–water partition coefficient (Wildman–Crippen LogP) is 3.32. The van der Waals surface area contributed by atoms with Crippen molar-refractivity contribution < 1.29 is 19.8 Å². The van der Waals surface area contributed by atoms with Gasteiger partial charge in [-0.3, -0.25) is 9.59 Å². The van der Waals surface area contributed by atoms with Crippen LogP contribution in [0.1, 0.15) is 13.8 Å². The van der Waals surface area contributed by atoms with Gasteiger partial charge in [0.25, 0.3) is 0 Å². The van der Waals surface area contributed by atoms with E-state index in [-0.39, 0.29) is 0 Å². The molecule has 0 amide bonds. The molecule has 0 bridgehead atoms. The van der Waals surface area contributed by atoms with Gasteiger partial charge in [0.2, 0.25) is 0 Å². The Morgan fingerprint density at radius 1 is 0.792 bits per heavy atom. The van der Waals surface area contributed by atoms with E-state index < -0.39 is 22.4 Å². The highest BCUT2D eigenvalue weighted by molar-refractivity contribution is 8.77. The van der Waals surface area contributed by atoms with E-state index in [1.165, 1.54) is 44.3 Å². The number of aliphatic carboxylic acids is 2. The molecule has 0 aliphatic carbocycles. The van der Waals surface area contributed by atoms with Crippen molar-refractivity contribution in [2.45, 2.75) is 41.7 Å². The number of aromatic nitrogens is 4. The quantitative estimate of drug-likeness (QED) is 0.437. The van der Waals surface area contributed by atoms with Crippen molar-refractivity contribution in [3.63, 3.8) is 0 Å². The molecule has 130 valence electrons. The Morgan fingerprint density at radius 2 is 1.12 bits per heavy atom. The largest absolute Gasteiger partial charge is 0.480 e. The van der Waals surface area contributed by atoms with Gasteiger partial charge in [0.1, 0.15) is 10.5 Å². The zero-order chi connectivity index (χ0) is 17.7. The Kier molecular flexibility index (Phi) is 7.61. The summed E-state index contributed by atoms with van der Waals surface area (Å²) in [5.74, 6) is -1.79. The second kappa shape index (κ2) is 9.24. The molecule has 2 unspecified atom stereocenters. The van der Waals surface area contributed by atoms with Crippen LogP contribution >= 0.6 is 67.8 Å². The molecule has 0 aliphatic heterocycles. The first kappa shape index (κ1) is 19.8. The number of rotatable bonds is 9. The molecule has 0 aromatic carbocycles. The minimum Gasteiger partial charge on any atom is -0.480 e. The summed E-state index contributed by atoms with van der Waals surface area (Å²) in [5, 5.41) is 32.5. The molecule has 0 saturated heterocycles. The molecule has 0 aliphatic rings. The molecule has 2 N–H and O–H groups in total. The van der Waals surface area contributed by atoms with Gasteiger partial charge >= 0.3 is 11.9 Å². The first-order chi connectivity index (χ1) is 11.3. The molecule has 0 radical (unpaired) electrons. The topological polar surface area (TPSA) is 126 Å². The van der Waals surface area contributed by atoms with Crippen LogP contribution in [-0.4, -0.2) is 53.0 Å². The molecule has 0 spiro atoms. The Hall–Kier alpha value is -0.540. The van der Waals surface area contributed by atoms with Crippen LogP contribution in [-0.2, 0) is 9.59 Å². The molecule has 2 aromatic rings. The molecule has 0 saturated carbocycles. The number of hydrogen-bond acceptors (Lipinski definition) is 12. The number of carboxylic acids is 2. The second-order valence-electron chi connectivity index (χ2n) is 4.03. The first-order valence-corrected chi connectivity index (χ1v) is 11.7. The summed E-state index contributed by atoms with van der Waals surface area (Å²) in [5.41, 5.74) is 0. The molecule has 2 aromatic heterocycles. The fourth-order valence-electron chi connectivity index (χ4n) is 1.03. The minimum atomic E-state index is -0.895.